The van der Waals surface area contributed by atoms with Crippen molar-refractivity contribution in [3.8, 4) is 11.5 Å². The van der Waals surface area contributed by atoms with Crippen molar-refractivity contribution in [2.45, 2.75) is 31.8 Å². The molecule has 1 N–H and O–H groups in total. The Morgan fingerprint density at radius 2 is 2.04 bits per heavy atom. The lowest BCUT2D eigenvalue weighted by atomic mass is 10.0. The van der Waals surface area contributed by atoms with Crippen LogP contribution in [0.2, 0.25) is 0 Å². The van der Waals surface area contributed by atoms with E-state index in [0.29, 0.717) is 6.54 Å². The second-order valence-corrected chi connectivity index (χ2v) is 7.83. The number of nitrogens with one attached hydrogen (secondary N) is 1. The van der Waals surface area contributed by atoms with E-state index in [4.69, 9.17) is 9.47 Å². The van der Waals surface area contributed by atoms with Gasteiger partial charge in [0.1, 0.15) is 11.5 Å². The number of methoxy groups -OCH3 is 2. The minimum absolute atomic E-state index is 0.0121. The molecule has 2 unspecified atom stereocenters. The number of carbonyl (C=O) groups excluding carboxylic acids is 1. The number of amides is 1. The van der Waals surface area contributed by atoms with Crippen molar-refractivity contribution in [3.63, 3.8) is 0 Å². The van der Waals surface area contributed by atoms with Crippen molar-refractivity contribution in [1.82, 2.24) is 10.2 Å². The Kier molecular flexibility index (Phi) is 6.97. The summed E-state index contributed by atoms with van der Waals surface area (Å²) in [5.41, 5.74) is 2.15. The van der Waals surface area contributed by atoms with Crippen LogP contribution < -0.4 is 14.8 Å². The van der Waals surface area contributed by atoms with Crippen LogP contribution in [-0.4, -0.2) is 38.1 Å². The smallest absolute Gasteiger partial charge is 0.237 e. The number of rotatable bonds is 7. The minimum atomic E-state index is 0.0121. The summed E-state index contributed by atoms with van der Waals surface area (Å²) < 4.78 is 12.0. The van der Waals surface area contributed by atoms with Gasteiger partial charge in [-0.25, -0.2) is 0 Å². The van der Waals surface area contributed by atoms with Crippen LogP contribution in [0.15, 0.2) is 46.9 Å². The molecule has 5 nitrogen and oxygen atoms in total. The molecule has 3 rings (SSSR count). The molecule has 28 heavy (non-hydrogen) atoms. The highest BCUT2D eigenvalue weighted by molar-refractivity contribution is 9.10. The maximum atomic E-state index is 13.0. The fraction of sp³-hybridized carbons (Fsp3) is 0.409. The molecule has 0 aliphatic carbocycles. The van der Waals surface area contributed by atoms with Gasteiger partial charge in [-0.1, -0.05) is 34.1 Å². The molecule has 0 bridgehead atoms. The highest BCUT2D eigenvalue weighted by atomic mass is 79.9. The van der Waals surface area contributed by atoms with Gasteiger partial charge in [-0.3, -0.25) is 4.79 Å². The first-order valence-electron chi connectivity index (χ1n) is 9.54. The number of likely N-dealkylation sites (tertiary alicyclic amines) is 1. The first kappa shape index (κ1) is 20.7. The average Bonchev–Trinajstić information content (AvgIpc) is 3.21. The van der Waals surface area contributed by atoms with Crippen molar-refractivity contribution >= 4 is 21.8 Å². The molecule has 0 aromatic heterocycles. The number of carbonyl (C=O) groups is 1. The number of nitrogens with zero attached hydrogens (tertiary/aromatic N) is 1. The minimum Gasteiger partial charge on any atom is -0.497 e. The molecule has 2 atom stereocenters. The van der Waals surface area contributed by atoms with Gasteiger partial charge in [0.15, 0.2) is 0 Å². The van der Waals surface area contributed by atoms with E-state index in [-0.39, 0.29) is 18.0 Å². The Morgan fingerprint density at radius 1 is 1.25 bits per heavy atom. The van der Waals surface area contributed by atoms with Crippen LogP contribution in [0.5, 0.6) is 11.5 Å². The predicted molar refractivity (Wildman–Crippen MR) is 114 cm³/mol. The highest BCUT2D eigenvalue weighted by Crippen LogP contribution is 2.38. The summed E-state index contributed by atoms with van der Waals surface area (Å²) >= 11 is 3.58. The largest absolute Gasteiger partial charge is 0.497 e. The van der Waals surface area contributed by atoms with Crippen LogP contribution in [0.3, 0.4) is 0 Å². The molecule has 0 saturated carbocycles. The second-order valence-electron chi connectivity index (χ2n) is 6.98. The molecule has 1 aliphatic rings. The van der Waals surface area contributed by atoms with Crippen molar-refractivity contribution in [3.05, 3.63) is 58.1 Å². The van der Waals surface area contributed by atoms with Crippen LogP contribution in [-0.2, 0) is 4.79 Å². The molecule has 1 saturated heterocycles. The van der Waals surface area contributed by atoms with E-state index < -0.39 is 0 Å². The fourth-order valence-electron chi connectivity index (χ4n) is 3.77. The van der Waals surface area contributed by atoms with Gasteiger partial charge >= 0.3 is 0 Å². The van der Waals surface area contributed by atoms with Crippen molar-refractivity contribution in [2.75, 3.05) is 27.3 Å². The second kappa shape index (κ2) is 9.43. The van der Waals surface area contributed by atoms with E-state index in [9.17, 15) is 4.79 Å². The number of ether oxygens (including phenoxy) is 2. The van der Waals surface area contributed by atoms with Gasteiger partial charge in [0.25, 0.3) is 0 Å². The van der Waals surface area contributed by atoms with Crippen molar-refractivity contribution in [2.24, 2.45) is 0 Å². The van der Waals surface area contributed by atoms with Crippen molar-refractivity contribution < 1.29 is 14.3 Å². The molecular formula is C22H27BrN2O3. The van der Waals surface area contributed by atoms with Crippen LogP contribution in [0.4, 0.5) is 0 Å². The molecule has 1 amide bonds. The zero-order chi connectivity index (χ0) is 20.1. The first-order chi connectivity index (χ1) is 13.5. The molecule has 150 valence electrons. The topological polar surface area (TPSA) is 50.8 Å². The lowest BCUT2D eigenvalue weighted by molar-refractivity contribution is -0.131. The number of hydrogen-bond acceptors (Lipinski definition) is 4. The SMILES string of the molecule is COc1ccc(OC)c(C2CCCN2C(=O)CNC(C)c2ccccc2Br)c1. The zero-order valence-corrected chi connectivity index (χ0v) is 18.2. The summed E-state index contributed by atoms with van der Waals surface area (Å²) in [4.78, 5) is 14.9. The number of benzene rings is 2. The lowest BCUT2D eigenvalue weighted by Gasteiger charge is -2.27. The normalized spacial score (nSPS) is 17.4. The van der Waals surface area contributed by atoms with Gasteiger partial charge < -0.3 is 19.7 Å². The standard InChI is InChI=1S/C22H27BrN2O3/c1-15(17-7-4-5-8-19(17)23)24-14-22(26)25-12-6-9-20(25)18-13-16(27-2)10-11-21(18)28-3/h4-5,7-8,10-11,13,15,20,24H,6,9,12,14H2,1-3H3. The molecule has 2 aromatic rings. The quantitative estimate of drug-likeness (QED) is 0.680. The molecule has 1 heterocycles. The van der Waals surface area contributed by atoms with E-state index in [0.717, 1.165) is 46.5 Å². The highest BCUT2D eigenvalue weighted by Gasteiger charge is 2.32. The number of halogens is 1. The average molecular weight is 447 g/mol. The van der Waals surface area contributed by atoms with Gasteiger partial charge in [-0.2, -0.15) is 0 Å². The van der Waals surface area contributed by atoms with Crippen LogP contribution in [0.1, 0.15) is 43.0 Å². The monoisotopic (exact) mass is 446 g/mol. The Bertz CT molecular complexity index is 827. The Labute approximate surface area is 175 Å². The van der Waals surface area contributed by atoms with E-state index in [1.165, 1.54) is 0 Å². The molecule has 6 heteroatoms. The first-order valence-corrected chi connectivity index (χ1v) is 10.3. The molecular weight excluding hydrogens is 420 g/mol. The summed E-state index contributed by atoms with van der Waals surface area (Å²) in [6.45, 7) is 3.13. The van der Waals surface area contributed by atoms with E-state index >= 15 is 0 Å². The predicted octanol–water partition coefficient (Wildman–Crippen LogP) is 4.48. The maximum Gasteiger partial charge on any atom is 0.237 e. The summed E-state index contributed by atoms with van der Waals surface area (Å²) in [7, 11) is 3.31. The van der Waals surface area contributed by atoms with Gasteiger partial charge in [-0.05, 0) is 49.6 Å². The Hall–Kier alpha value is -2.05. The third-order valence-electron chi connectivity index (χ3n) is 5.30. The Morgan fingerprint density at radius 3 is 2.75 bits per heavy atom. The third-order valence-corrected chi connectivity index (χ3v) is 6.02. The lowest BCUT2D eigenvalue weighted by Crippen LogP contribution is -2.38. The Balaban J connectivity index is 1.71. The van der Waals surface area contributed by atoms with Gasteiger partial charge in [0.05, 0.1) is 26.8 Å². The third kappa shape index (κ3) is 4.50. The van der Waals surface area contributed by atoms with E-state index in [1.54, 1.807) is 14.2 Å². The summed E-state index contributed by atoms with van der Waals surface area (Å²) in [5.74, 6) is 1.67. The van der Waals surface area contributed by atoms with Gasteiger partial charge in [0, 0.05) is 22.6 Å². The van der Waals surface area contributed by atoms with Crippen LogP contribution in [0, 0.1) is 0 Å². The number of hydrogen-bond donors (Lipinski definition) is 1. The van der Waals surface area contributed by atoms with Gasteiger partial charge in [0.2, 0.25) is 5.91 Å². The molecule has 0 radical (unpaired) electrons. The molecule has 2 aromatic carbocycles. The molecule has 1 fully saturated rings. The zero-order valence-electron chi connectivity index (χ0n) is 16.6. The molecule has 1 aliphatic heterocycles. The summed E-state index contributed by atoms with van der Waals surface area (Å²) in [5, 5.41) is 3.36. The fourth-order valence-corrected chi connectivity index (χ4v) is 4.39. The summed E-state index contributed by atoms with van der Waals surface area (Å²) in [6, 6.07) is 13.9. The van der Waals surface area contributed by atoms with Gasteiger partial charge in [-0.15, -0.1) is 0 Å². The van der Waals surface area contributed by atoms with E-state index in [1.807, 2.05) is 41.3 Å². The van der Waals surface area contributed by atoms with E-state index in [2.05, 4.69) is 34.2 Å². The van der Waals surface area contributed by atoms with Crippen LogP contribution in [0.25, 0.3) is 0 Å². The molecule has 0 spiro atoms. The van der Waals surface area contributed by atoms with Crippen LogP contribution >= 0.6 is 15.9 Å². The maximum absolute atomic E-state index is 13.0. The van der Waals surface area contributed by atoms with Crippen molar-refractivity contribution in [1.29, 1.82) is 0 Å². The summed E-state index contributed by atoms with van der Waals surface area (Å²) in [6.07, 6.45) is 1.91.